The van der Waals surface area contributed by atoms with Crippen LogP contribution in [0, 0.1) is 5.82 Å². The number of nitrogens with zero attached hydrogens (tertiary/aromatic N) is 2. The lowest BCUT2D eigenvalue weighted by Crippen LogP contribution is -1.99. The summed E-state index contributed by atoms with van der Waals surface area (Å²) in [5.74, 6) is 0.660. The average molecular weight is 251 g/mol. The highest BCUT2D eigenvalue weighted by atomic mass is 32.1. The van der Waals surface area contributed by atoms with E-state index in [1.807, 2.05) is 6.07 Å². The van der Waals surface area contributed by atoms with Crippen LogP contribution < -0.4 is 5.32 Å². The maximum Gasteiger partial charge on any atom is 0.202 e. The third kappa shape index (κ3) is 3.49. The summed E-state index contributed by atoms with van der Waals surface area (Å²) in [4.78, 5) is 4.34. The molecule has 1 N–H and O–H groups in total. The Balaban J connectivity index is 1.93. The molecule has 0 aliphatic heterocycles. The SMILES string of the molecule is CCCc1nsc(NCc2cccc(F)c2)n1. The molecule has 1 aromatic heterocycles. The quantitative estimate of drug-likeness (QED) is 0.886. The van der Waals surface area contributed by atoms with E-state index in [1.54, 1.807) is 6.07 Å². The van der Waals surface area contributed by atoms with E-state index in [0.29, 0.717) is 6.54 Å². The van der Waals surface area contributed by atoms with Crippen LogP contribution in [0.4, 0.5) is 9.52 Å². The monoisotopic (exact) mass is 251 g/mol. The number of aryl methyl sites for hydroxylation is 1. The van der Waals surface area contributed by atoms with Crippen molar-refractivity contribution >= 4 is 16.7 Å². The van der Waals surface area contributed by atoms with Gasteiger partial charge in [-0.25, -0.2) is 9.37 Å². The van der Waals surface area contributed by atoms with Gasteiger partial charge in [0.05, 0.1) is 0 Å². The second kappa shape index (κ2) is 5.72. The van der Waals surface area contributed by atoms with Crippen molar-refractivity contribution in [3.8, 4) is 0 Å². The summed E-state index contributed by atoms with van der Waals surface area (Å²) in [6, 6.07) is 6.54. The van der Waals surface area contributed by atoms with Crippen molar-refractivity contribution in [1.82, 2.24) is 9.36 Å². The predicted molar refractivity (Wildman–Crippen MR) is 67.6 cm³/mol. The minimum atomic E-state index is -0.215. The van der Waals surface area contributed by atoms with E-state index in [9.17, 15) is 4.39 Å². The summed E-state index contributed by atoms with van der Waals surface area (Å²) in [6.45, 7) is 2.67. The van der Waals surface area contributed by atoms with Crippen molar-refractivity contribution in [2.24, 2.45) is 0 Å². The molecule has 2 rings (SSSR count). The number of halogens is 1. The van der Waals surface area contributed by atoms with Crippen molar-refractivity contribution in [3.05, 3.63) is 41.5 Å². The third-order valence-corrected chi connectivity index (χ3v) is 2.99. The first-order valence-electron chi connectivity index (χ1n) is 5.59. The van der Waals surface area contributed by atoms with Crippen LogP contribution in [0.5, 0.6) is 0 Å². The molecule has 1 heterocycles. The topological polar surface area (TPSA) is 37.8 Å². The predicted octanol–water partition coefficient (Wildman–Crippen LogP) is 3.24. The summed E-state index contributed by atoms with van der Waals surface area (Å²) >= 11 is 1.35. The second-order valence-electron chi connectivity index (χ2n) is 3.75. The minimum Gasteiger partial charge on any atom is -0.356 e. The Kier molecular flexibility index (Phi) is 4.03. The first-order valence-corrected chi connectivity index (χ1v) is 6.36. The summed E-state index contributed by atoms with van der Waals surface area (Å²) in [7, 11) is 0. The molecule has 0 saturated carbocycles. The summed E-state index contributed by atoms with van der Waals surface area (Å²) in [6.07, 6.45) is 1.94. The Labute approximate surface area is 104 Å². The Bertz CT molecular complexity index is 484. The van der Waals surface area contributed by atoms with Crippen LogP contribution in [0.1, 0.15) is 24.7 Å². The molecule has 0 bridgehead atoms. The van der Waals surface area contributed by atoms with Gasteiger partial charge in [-0.15, -0.1) is 0 Å². The highest BCUT2D eigenvalue weighted by molar-refractivity contribution is 7.09. The molecule has 90 valence electrons. The molecule has 0 aliphatic carbocycles. The van der Waals surface area contributed by atoms with E-state index in [2.05, 4.69) is 21.6 Å². The molecule has 3 nitrogen and oxygen atoms in total. The van der Waals surface area contributed by atoms with Gasteiger partial charge in [-0.05, 0) is 24.1 Å². The highest BCUT2D eigenvalue weighted by Gasteiger charge is 2.02. The smallest absolute Gasteiger partial charge is 0.202 e. The number of anilines is 1. The van der Waals surface area contributed by atoms with Gasteiger partial charge in [-0.2, -0.15) is 4.37 Å². The van der Waals surface area contributed by atoms with Gasteiger partial charge in [0.1, 0.15) is 11.6 Å². The van der Waals surface area contributed by atoms with Crippen LogP contribution >= 0.6 is 11.5 Å². The first kappa shape index (κ1) is 12.0. The lowest BCUT2D eigenvalue weighted by atomic mass is 10.2. The number of nitrogens with one attached hydrogen (secondary N) is 1. The summed E-state index contributed by atoms with van der Waals surface area (Å²) in [5.41, 5.74) is 0.900. The van der Waals surface area contributed by atoms with Crippen LogP contribution in [0.25, 0.3) is 0 Å². The third-order valence-electron chi connectivity index (χ3n) is 2.27. The number of hydrogen-bond acceptors (Lipinski definition) is 4. The molecule has 0 radical (unpaired) electrons. The van der Waals surface area contributed by atoms with E-state index in [4.69, 9.17) is 0 Å². The van der Waals surface area contributed by atoms with Crippen LogP contribution in [-0.2, 0) is 13.0 Å². The standard InChI is InChI=1S/C12H14FN3S/c1-2-4-11-15-12(17-16-11)14-8-9-5-3-6-10(13)7-9/h3,5-7H,2,4,8H2,1H3,(H,14,15,16). The van der Waals surface area contributed by atoms with Gasteiger partial charge < -0.3 is 5.32 Å². The van der Waals surface area contributed by atoms with E-state index in [-0.39, 0.29) is 5.82 Å². The van der Waals surface area contributed by atoms with E-state index in [1.165, 1.54) is 23.7 Å². The molecule has 0 spiro atoms. The Morgan fingerprint density at radius 2 is 2.29 bits per heavy atom. The van der Waals surface area contributed by atoms with Crippen LogP contribution in [-0.4, -0.2) is 9.36 Å². The molecule has 0 saturated heterocycles. The van der Waals surface area contributed by atoms with Gasteiger partial charge >= 0.3 is 0 Å². The second-order valence-corrected chi connectivity index (χ2v) is 4.50. The van der Waals surface area contributed by atoms with Gasteiger partial charge in [-0.1, -0.05) is 19.1 Å². The number of benzene rings is 1. The summed E-state index contributed by atoms with van der Waals surface area (Å²) in [5, 5.41) is 3.93. The zero-order chi connectivity index (χ0) is 12.1. The summed E-state index contributed by atoms with van der Waals surface area (Å²) < 4.78 is 17.2. The molecular weight excluding hydrogens is 237 g/mol. The molecule has 2 aromatic rings. The molecule has 0 unspecified atom stereocenters. The van der Waals surface area contributed by atoms with E-state index >= 15 is 0 Å². The van der Waals surface area contributed by atoms with Gasteiger partial charge in [0, 0.05) is 24.5 Å². The molecule has 0 amide bonds. The minimum absolute atomic E-state index is 0.215. The molecule has 0 fully saturated rings. The fraction of sp³-hybridized carbons (Fsp3) is 0.333. The largest absolute Gasteiger partial charge is 0.356 e. The van der Waals surface area contributed by atoms with E-state index < -0.39 is 0 Å². The van der Waals surface area contributed by atoms with Gasteiger partial charge in [0.2, 0.25) is 5.13 Å². The molecule has 0 aliphatic rings. The number of rotatable bonds is 5. The van der Waals surface area contributed by atoms with Crippen LogP contribution in [0.2, 0.25) is 0 Å². The Morgan fingerprint density at radius 3 is 3.06 bits per heavy atom. The zero-order valence-corrected chi connectivity index (χ0v) is 10.4. The van der Waals surface area contributed by atoms with Gasteiger partial charge in [0.25, 0.3) is 0 Å². The normalized spacial score (nSPS) is 10.5. The fourth-order valence-electron chi connectivity index (χ4n) is 1.48. The number of hydrogen-bond donors (Lipinski definition) is 1. The van der Waals surface area contributed by atoms with Crippen molar-refractivity contribution in [2.75, 3.05) is 5.32 Å². The zero-order valence-electron chi connectivity index (χ0n) is 9.61. The Hall–Kier alpha value is -1.49. The Morgan fingerprint density at radius 1 is 1.41 bits per heavy atom. The van der Waals surface area contributed by atoms with Crippen molar-refractivity contribution in [2.45, 2.75) is 26.3 Å². The van der Waals surface area contributed by atoms with Crippen molar-refractivity contribution in [1.29, 1.82) is 0 Å². The van der Waals surface area contributed by atoms with Crippen molar-refractivity contribution in [3.63, 3.8) is 0 Å². The molecule has 17 heavy (non-hydrogen) atoms. The van der Waals surface area contributed by atoms with E-state index in [0.717, 1.165) is 29.4 Å². The van der Waals surface area contributed by atoms with Gasteiger partial charge in [-0.3, -0.25) is 0 Å². The fourth-order valence-corrected chi connectivity index (χ4v) is 2.08. The number of aromatic nitrogens is 2. The maximum absolute atomic E-state index is 12.9. The lowest BCUT2D eigenvalue weighted by Gasteiger charge is -2.01. The molecule has 5 heteroatoms. The average Bonchev–Trinajstić information content (AvgIpc) is 2.75. The first-order chi connectivity index (χ1) is 8.28. The van der Waals surface area contributed by atoms with Gasteiger partial charge in [0.15, 0.2) is 0 Å². The highest BCUT2D eigenvalue weighted by Crippen LogP contribution is 2.13. The van der Waals surface area contributed by atoms with Crippen LogP contribution in [0.15, 0.2) is 24.3 Å². The van der Waals surface area contributed by atoms with Crippen LogP contribution in [0.3, 0.4) is 0 Å². The van der Waals surface area contributed by atoms with Crippen molar-refractivity contribution < 1.29 is 4.39 Å². The molecular formula is C12H14FN3S. The molecule has 1 aromatic carbocycles. The molecule has 0 atom stereocenters. The lowest BCUT2D eigenvalue weighted by molar-refractivity contribution is 0.626. The maximum atomic E-state index is 12.9.